The summed E-state index contributed by atoms with van der Waals surface area (Å²) in [7, 11) is 4.03. The SMILES string of the molecule is C=Nc1ccc2cc3ccc(N=Cc4cc(C)cc(/C=C\N(C)C)c4)cc3nc2c1. The quantitative estimate of drug-likeness (QED) is 0.295. The van der Waals surface area contributed by atoms with E-state index in [4.69, 9.17) is 4.98 Å². The maximum absolute atomic E-state index is 4.80. The second-order valence-electron chi connectivity index (χ2n) is 7.62. The monoisotopic (exact) mass is 392 g/mol. The number of aliphatic imine (C=N–C) groups is 2. The van der Waals surface area contributed by atoms with Crippen molar-refractivity contribution < 1.29 is 0 Å². The molecule has 0 unspecified atom stereocenters. The van der Waals surface area contributed by atoms with Crippen molar-refractivity contribution in [2.24, 2.45) is 9.98 Å². The molecule has 4 heteroatoms. The maximum atomic E-state index is 4.80. The third kappa shape index (κ3) is 4.44. The topological polar surface area (TPSA) is 40.9 Å². The highest BCUT2D eigenvalue weighted by Crippen LogP contribution is 2.26. The number of hydrogen-bond donors (Lipinski definition) is 0. The lowest BCUT2D eigenvalue weighted by Crippen LogP contribution is -1.99. The van der Waals surface area contributed by atoms with Crippen molar-refractivity contribution >= 4 is 52.2 Å². The molecule has 3 aromatic carbocycles. The van der Waals surface area contributed by atoms with Gasteiger partial charge in [0.05, 0.1) is 22.4 Å². The highest BCUT2D eigenvalue weighted by atomic mass is 15.0. The molecular formula is C26H24N4. The van der Waals surface area contributed by atoms with Crippen LogP contribution in [0.4, 0.5) is 11.4 Å². The molecule has 0 aliphatic rings. The Morgan fingerprint density at radius 2 is 1.50 bits per heavy atom. The summed E-state index contributed by atoms with van der Waals surface area (Å²) in [5.74, 6) is 0. The van der Waals surface area contributed by atoms with Crippen LogP contribution in [0.1, 0.15) is 16.7 Å². The second-order valence-corrected chi connectivity index (χ2v) is 7.62. The van der Waals surface area contributed by atoms with Gasteiger partial charge in [-0.05, 0) is 79.0 Å². The van der Waals surface area contributed by atoms with Gasteiger partial charge < -0.3 is 4.90 Å². The van der Waals surface area contributed by atoms with E-state index < -0.39 is 0 Å². The molecule has 0 aliphatic carbocycles. The van der Waals surface area contributed by atoms with Gasteiger partial charge in [0.25, 0.3) is 0 Å². The van der Waals surface area contributed by atoms with Gasteiger partial charge in [-0.15, -0.1) is 0 Å². The van der Waals surface area contributed by atoms with Gasteiger partial charge in [-0.2, -0.15) is 0 Å². The highest BCUT2D eigenvalue weighted by molar-refractivity contribution is 5.95. The minimum atomic E-state index is 0.821. The summed E-state index contributed by atoms with van der Waals surface area (Å²) in [5, 5.41) is 2.18. The largest absolute Gasteiger partial charge is 0.383 e. The molecule has 0 amide bonds. The molecule has 148 valence electrons. The Kier molecular flexibility index (Phi) is 5.40. The van der Waals surface area contributed by atoms with Crippen LogP contribution in [-0.4, -0.2) is 36.9 Å². The maximum Gasteiger partial charge on any atom is 0.0731 e. The molecule has 0 atom stereocenters. The first kappa shape index (κ1) is 19.5. The van der Waals surface area contributed by atoms with Crippen LogP contribution in [0.5, 0.6) is 0 Å². The summed E-state index contributed by atoms with van der Waals surface area (Å²) in [6.07, 6.45) is 6.05. The van der Waals surface area contributed by atoms with Crippen molar-refractivity contribution in [3.8, 4) is 0 Å². The zero-order valence-electron chi connectivity index (χ0n) is 17.5. The van der Waals surface area contributed by atoms with Crippen LogP contribution in [0, 0.1) is 6.92 Å². The van der Waals surface area contributed by atoms with Crippen LogP contribution >= 0.6 is 0 Å². The van der Waals surface area contributed by atoms with Crippen molar-refractivity contribution in [2.45, 2.75) is 6.92 Å². The zero-order chi connectivity index (χ0) is 21.1. The van der Waals surface area contributed by atoms with Crippen molar-refractivity contribution in [3.63, 3.8) is 0 Å². The van der Waals surface area contributed by atoms with Gasteiger partial charge in [-0.1, -0.05) is 24.3 Å². The van der Waals surface area contributed by atoms with E-state index in [0.29, 0.717) is 0 Å². The lowest BCUT2D eigenvalue weighted by molar-refractivity contribution is 0.567. The molecule has 1 aromatic heterocycles. The molecule has 0 radical (unpaired) electrons. The van der Waals surface area contributed by atoms with Crippen LogP contribution in [0.3, 0.4) is 0 Å². The van der Waals surface area contributed by atoms with E-state index >= 15 is 0 Å². The number of pyridine rings is 1. The molecule has 4 aromatic rings. The number of hydrogen-bond acceptors (Lipinski definition) is 4. The molecule has 0 fully saturated rings. The van der Waals surface area contributed by atoms with Crippen molar-refractivity contribution in [2.75, 3.05) is 14.1 Å². The number of rotatable bonds is 5. The van der Waals surface area contributed by atoms with Crippen molar-refractivity contribution in [1.29, 1.82) is 0 Å². The molecule has 0 aliphatic heterocycles. The smallest absolute Gasteiger partial charge is 0.0731 e. The van der Waals surface area contributed by atoms with E-state index in [1.165, 1.54) is 5.56 Å². The summed E-state index contributed by atoms with van der Waals surface area (Å²) < 4.78 is 0. The van der Waals surface area contributed by atoms with Crippen LogP contribution in [0.2, 0.25) is 0 Å². The average Bonchev–Trinajstić information content (AvgIpc) is 2.74. The molecule has 4 nitrogen and oxygen atoms in total. The average molecular weight is 393 g/mol. The molecule has 0 spiro atoms. The van der Waals surface area contributed by atoms with Gasteiger partial charge >= 0.3 is 0 Å². The Morgan fingerprint density at radius 3 is 2.20 bits per heavy atom. The van der Waals surface area contributed by atoms with Crippen molar-refractivity contribution in [3.05, 3.63) is 83.6 Å². The predicted octanol–water partition coefficient (Wildman–Crippen LogP) is 6.31. The number of fused-ring (bicyclic) bond motifs is 2. The van der Waals surface area contributed by atoms with Gasteiger partial charge in [0, 0.05) is 31.1 Å². The molecule has 0 saturated heterocycles. The minimum Gasteiger partial charge on any atom is -0.383 e. The van der Waals surface area contributed by atoms with E-state index in [2.05, 4.69) is 60.0 Å². The Morgan fingerprint density at radius 1 is 0.833 bits per heavy atom. The minimum absolute atomic E-state index is 0.821. The fourth-order valence-electron chi connectivity index (χ4n) is 3.38. The predicted molar refractivity (Wildman–Crippen MR) is 130 cm³/mol. The summed E-state index contributed by atoms with van der Waals surface area (Å²) in [5.41, 5.74) is 6.95. The Labute approximate surface area is 176 Å². The first-order valence-corrected chi connectivity index (χ1v) is 9.82. The molecule has 30 heavy (non-hydrogen) atoms. The summed E-state index contributed by atoms with van der Waals surface area (Å²) in [4.78, 5) is 15.5. The standard InChI is InChI=1S/C26H24N4/c1-18-11-19(9-10-30(3)4)13-20(12-18)17-28-24-8-6-22-14-21-5-7-23(27-2)15-25(21)29-26(22)16-24/h5-17H,2H2,1,3-4H3/b10-9-,28-17?. The van der Waals surface area contributed by atoms with E-state index in [0.717, 1.165) is 44.3 Å². The molecule has 0 bridgehead atoms. The second kappa shape index (κ2) is 8.29. The fourth-order valence-corrected chi connectivity index (χ4v) is 3.38. The van der Waals surface area contributed by atoms with Gasteiger partial charge in [0.1, 0.15) is 0 Å². The number of nitrogens with zero attached hydrogens (tertiary/aromatic N) is 4. The Balaban J connectivity index is 1.67. The molecule has 0 saturated carbocycles. The first-order valence-electron chi connectivity index (χ1n) is 9.82. The number of aromatic nitrogens is 1. The Bertz CT molecular complexity index is 1300. The fraction of sp³-hybridized carbons (Fsp3) is 0.115. The Hall–Kier alpha value is -3.79. The molecule has 0 N–H and O–H groups in total. The van der Waals surface area contributed by atoms with Gasteiger partial charge in [-0.3, -0.25) is 9.98 Å². The molecule has 4 rings (SSSR count). The summed E-state index contributed by atoms with van der Waals surface area (Å²) in [6, 6.07) is 20.6. The third-order valence-corrected chi connectivity index (χ3v) is 4.81. The summed E-state index contributed by atoms with van der Waals surface area (Å²) in [6.45, 7) is 5.70. The highest BCUT2D eigenvalue weighted by Gasteiger charge is 2.02. The summed E-state index contributed by atoms with van der Waals surface area (Å²) >= 11 is 0. The van der Waals surface area contributed by atoms with Crippen LogP contribution in [0.25, 0.3) is 27.9 Å². The normalized spacial score (nSPS) is 11.7. The van der Waals surface area contributed by atoms with Crippen LogP contribution in [-0.2, 0) is 0 Å². The van der Waals surface area contributed by atoms with Gasteiger partial charge in [0.15, 0.2) is 0 Å². The van der Waals surface area contributed by atoms with E-state index in [1.807, 2.05) is 61.7 Å². The van der Waals surface area contributed by atoms with Gasteiger partial charge in [0.2, 0.25) is 0 Å². The van der Waals surface area contributed by atoms with E-state index in [1.54, 1.807) is 0 Å². The molecule has 1 heterocycles. The van der Waals surface area contributed by atoms with Crippen LogP contribution < -0.4 is 0 Å². The number of aryl methyl sites for hydroxylation is 1. The van der Waals surface area contributed by atoms with Crippen LogP contribution in [0.15, 0.2) is 76.8 Å². The lowest BCUT2D eigenvalue weighted by Gasteiger charge is -2.05. The molecular weight excluding hydrogens is 368 g/mol. The zero-order valence-corrected chi connectivity index (χ0v) is 17.5. The van der Waals surface area contributed by atoms with E-state index in [-0.39, 0.29) is 0 Å². The first-order chi connectivity index (χ1) is 14.5. The van der Waals surface area contributed by atoms with Crippen molar-refractivity contribution in [1.82, 2.24) is 9.88 Å². The number of benzene rings is 3. The third-order valence-electron chi connectivity index (χ3n) is 4.81. The van der Waals surface area contributed by atoms with Gasteiger partial charge in [-0.25, -0.2) is 4.98 Å². The van der Waals surface area contributed by atoms with E-state index in [9.17, 15) is 0 Å². The lowest BCUT2D eigenvalue weighted by atomic mass is 10.1.